The van der Waals surface area contributed by atoms with Crippen LogP contribution in [-0.2, 0) is 20.8 Å². The SMILES string of the molecule is C#C[C@]1(COC(=O)OCc2ccc[nH]c2=O)O[C@@H](n2ccc3c(N)nc(Cl)nc32)C[C@@H]1O. The van der Waals surface area contributed by atoms with Gasteiger partial charge in [0.15, 0.2) is 5.60 Å². The van der Waals surface area contributed by atoms with Crippen molar-refractivity contribution < 1.29 is 24.1 Å². The summed E-state index contributed by atoms with van der Waals surface area (Å²) in [6.45, 7) is -0.760. The second kappa shape index (κ2) is 8.51. The Labute approximate surface area is 186 Å². The van der Waals surface area contributed by atoms with Crippen molar-refractivity contribution in [3.63, 3.8) is 0 Å². The summed E-state index contributed by atoms with van der Waals surface area (Å²) in [6.07, 6.45) is 5.86. The van der Waals surface area contributed by atoms with Crippen molar-refractivity contribution in [3.8, 4) is 12.3 Å². The molecular formula is C20H18ClN5O6. The summed E-state index contributed by atoms with van der Waals surface area (Å²) >= 11 is 5.91. The average molecular weight is 460 g/mol. The van der Waals surface area contributed by atoms with Crippen LogP contribution in [0, 0.1) is 12.3 Å². The zero-order valence-corrected chi connectivity index (χ0v) is 17.3. The van der Waals surface area contributed by atoms with Gasteiger partial charge in [-0.1, -0.05) is 5.92 Å². The van der Waals surface area contributed by atoms with Crippen LogP contribution >= 0.6 is 11.6 Å². The maximum absolute atomic E-state index is 12.0. The lowest BCUT2D eigenvalue weighted by atomic mass is 9.99. The Kier molecular flexibility index (Phi) is 5.75. The number of nitrogens with one attached hydrogen (secondary N) is 1. The normalized spacial score (nSPS) is 22.5. The molecule has 1 aliphatic heterocycles. The predicted octanol–water partition coefficient (Wildman–Crippen LogP) is 1.36. The van der Waals surface area contributed by atoms with Crippen LogP contribution in [0.4, 0.5) is 10.6 Å². The highest BCUT2D eigenvalue weighted by Crippen LogP contribution is 2.39. The van der Waals surface area contributed by atoms with E-state index in [0.29, 0.717) is 11.0 Å². The molecule has 0 spiro atoms. The smallest absolute Gasteiger partial charge is 0.430 e. The number of hydrogen-bond donors (Lipinski definition) is 3. The largest absolute Gasteiger partial charge is 0.508 e. The van der Waals surface area contributed by atoms with E-state index < -0.39 is 30.7 Å². The molecule has 1 fully saturated rings. The molecular weight excluding hydrogens is 442 g/mol. The van der Waals surface area contributed by atoms with E-state index in [1.807, 2.05) is 0 Å². The minimum absolute atomic E-state index is 0.0416. The number of fused-ring (bicyclic) bond motifs is 1. The number of halogens is 1. The fraction of sp³-hybridized carbons (Fsp3) is 0.300. The number of pyridine rings is 1. The number of hydrogen-bond acceptors (Lipinski definition) is 9. The minimum Gasteiger partial charge on any atom is -0.430 e. The van der Waals surface area contributed by atoms with Gasteiger partial charge in [0.2, 0.25) is 5.28 Å². The lowest BCUT2D eigenvalue weighted by Gasteiger charge is -2.25. The van der Waals surface area contributed by atoms with Crippen LogP contribution in [0.15, 0.2) is 35.4 Å². The first-order valence-corrected chi connectivity index (χ1v) is 9.80. The van der Waals surface area contributed by atoms with E-state index in [0.717, 1.165) is 0 Å². The molecule has 0 aromatic carbocycles. The summed E-state index contributed by atoms with van der Waals surface area (Å²) in [5.41, 5.74) is 4.51. The number of carbonyl (C=O) groups is 1. The number of aromatic nitrogens is 4. The van der Waals surface area contributed by atoms with Gasteiger partial charge in [-0.15, -0.1) is 6.42 Å². The van der Waals surface area contributed by atoms with Crippen LogP contribution in [0.1, 0.15) is 18.2 Å². The van der Waals surface area contributed by atoms with Crippen LogP contribution in [0.25, 0.3) is 11.0 Å². The zero-order valence-electron chi connectivity index (χ0n) is 16.5. The molecule has 3 atom stereocenters. The monoisotopic (exact) mass is 459 g/mol. The molecule has 3 aromatic rings. The Morgan fingerprint density at radius 2 is 2.28 bits per heavy atom. The molecule has 0 bridgehead atoms. The number of aliphatic hydroxyl groups is 1. The van der Waals surface area contributed by atoms with Gasteiger partial charge in [-0.25, -0.2) is 9.78 Å². The number of rotatable bonds is 5. The quantitative estimate of drug-likeness (QED) is 0.291. The summed E-state index contributed by atoms with van der Waals surface area (Å²) in [4.78, 5) is 34.2. The third kappa shape index (κ3) is 3.99. The van der Waals surface area contributed by atoms with E-state index in [1.54, 1.807) is 22.9 Å². The molecule has 1 aliphatic rings. The standard InChI is InChI=1S/C20H18ClN5O6/c1-2-20(10-31-19(29)30-9-11-4-3-6-23-17(11)28)13(27)8-14(32-20)26-7-5-12-15(22)24-18(21)25-16(12)26/h1,3-7,13-14,27H,8-10H2,(H,23,28)(H2,22,24,25)/t13-,14+,20+/m0/s1. The van der Waals surface area contributed by atoms with Gasteiger partial charge >= 0.3 is 6.16 Å². The number of nitrogens with zero attached hydrogens (tertiary/aromatic N) is 3. The van der Waals surface area contributed by atoms with E-state index >= 15 is 0 Å². The Bertz CT molecular complexity index is 1270. The number of aliphatic hydroxyl groups excluding tert-OH is 1. The fourth-order valence-electron chi connectivity index (χ4n) is 3.40. The Morgan fingerprint density at radius 3 is 3.03 bits per heavy atom. The van der Waals surface area contributed by atoms with E-state index in [2.05, 4.69) is 20.9 Å². The number of nitrogens with two attached hydrogens (primary N) is 1. The molecule has 0 aliphatic carbocycles. The maximum Gasteiger partial charge on any atom is 0.508 e. The summed E-state index contributed by atoms with van der Waals surface area (Å²) < 4.78 is 17.5. The molecule has 12 heteroatoms. The second-order valence-electron chi connectivity index (χ2n) is 7.05. The molecule has 32 heavy (non-hydrogen) atoms. The second-order valence-corrected chi connectivity index (χ2v) is 7.39. The van der Waals surface area contributed by atoms with E-state index in [-0.39, 0.29) is 35.3 Å². The average Bonchev–Trinajstić information content (AvgIpc) is 3.33. The number of terminal acetylenes is 1. The van der Waals surface area contributed by atoms with Crippen molar-refractivity contribution in [2.24, 2.45) is 0 Å². The van der Waals surface area contributed by atoms with Crippen molar-refractivity contribution >= 4 is 34.6 Å². The van der Waals surface area contributed by atoms with Crippen LogP contribution in [0.3, 0.4) is 0 Å². The molecule has 4 heterocycles. The third-order valence-electron chi connectivity index (χ3n) is 5.09. The third-order valence-corrected chi connectivity index (χ3v) is 5.26. The topological polar surface area (TPSA) is 155 Å². The van der Waals surface area contributed by atoms with Gasteiger partial charge in [0.25, 0.3) is 5.56 Å². The van der Waals surface area contributed by atoms with Crippen LogP contribution in [-0.4, -0.2) is 49.1 Å². The van der Waals surface area contributed by atoms with Gasteiger partial charge in [-0.2, -0.15) is 4.98 Å². The first kappa shape index (κ1) is 21.6. The summed E-state index contributed by atoms with van der Waals surface area (Å²) in [5.74, 6) is 2.57. The van der Waals surface area contributed by atoms with Crippen molar-refractivity contribution in [2.45, 2.75) is 31.0 Å². The van der Waals surface area contributed by atoms with Gasteiger partial charge in [0.1, 0.15) is 37.0 Å². The molecule has 3 aromatic heterocycles. The van der Waals surface area contributed by atoms with Crippen LogP contribution in [0.2, 0.25) is 5.28 Å². The molecule has 0 unspecified atom stereocenters. The van der Waals surface area contributed by atoms with E-state index in [4.69, 9.17) is 38.0 Å². The highest BCUT2D eigenvalue weighted by atomic mass is 35.5. The lowest BCUT2D eigenvalue weighted by Crippen LogP contribution is -2.43. The van der Waals surface area contributed by atoms with Crippen molar-refractivity contribution in [2.75, 3.05) is 12.3 Å². The first-order chi connectivity index (χ1) is 15.3. The summed E-state index contributed by atoms with van der Waals surface area (Å²) in [6, 6.07) is 4.79. The molecule has 0 amide bonds. The molecule has 0 radical (unpaired) electrons. The number of H-pyrrole nitrogens is 1. The molecule has 4 N–H and O–H groups in total. The van der Waals surface area contributed by atoms with Gasteiger partial charge in [0.05, 0.1) is 10.9 Å². The Balaban J connectivity index is 1.45. The van der Waals surface area contributed by atoms with Gasteiger partial charge in [-0.05, 0) is 29.8 Å². The maximum atomic E-state index is 12.0. The number of anilines is 1. The number of nitrogen functional groups attached to an aromatic ring is 1. The van der Waals surface area contributed by atoms with Gasteiger partial charge in [-0.3, -0.25) is 4.79 Å². The molecule has 0 saturated carbocycles. The van der Waals surface area contributed by atoms with Crippen molar-refractivity contribution in [1.29, 1.82) is 0 Å². The van der Waals surface area contributed by atoms with Crippen LogP contribution in [0.5, 0.6) is 0 Å². The molecule has 1 saturated heterocycles. The Hall–Kier alpha value is -3.59. The number of ether oxygens (including phenoxy) is 3. The summed E-state index contributed by atoms with van der Waals surface area (Å²) in [5, 5.41) is 11.1. The zero-order chi connectivity index (χ0) is 22.9. The fourth-order valence-corrected chi connectivity index (χ4v) is 3.57. The van der Waals surface area contributed by atoms with Crippen molar-refractivity contribution in [1.82, 2.24) is 19.5 Å². The van der Waals surface area contributed by atoms with Gasteiger partial charge in [0, 0.05) is 18.8 Å². The molecule has 166 valence electrons. The van der Waals surface area contributed by atoms with Gasteiger partial charge < -0.3 is 34.6 Å². The number of aromatic amines is 1. The van der Waals surface area contributed by atoms with Crippen molar-refractivity contribution in [3.05, 3.63) is 51.8 Å². The summed E-state index contributed by atoms with van der Waals surface area (Å²) in [7, 11) is 0. The van der Waals surface area contributed by atoms with E-state index in [9.17, 15) is 14.7 Å². The minimum atomic E-state index is -1.62. The molecule has 4 rings (SSSR count). The Morgan fingerprint density at radius 1 is 1.47 bits per heavy atom. The predicted molar refractivity (Wildman–Crippen MR) is 112 cm³/mol. The highest BCUT2D eigenvalue weighted by molar-refractivity contribution is 6.28. The highest BCUT2D eigenvalue weighted by Gasteiger charge is 2.49. The van der Waals surface area contributed by atoms with Crippen LogP contribution < -0.4 is 11.3 Å². The first-order valence-electron chi connectivity index (χ1n) is 9.42. The molecule has 11 nitrogen and oxygen atoms in total. The lowest BCUT2D eigenvalue weighted by molar-refractivity contribution is -0.0983. The van der Waals surface area contributed by atoms with E-state index in [1.165, 1.54) is 12.3 Å². The number of carbonyl (C=O) groups excluding carboxylic acids is 1.